The monoisotopic (exact) mass is 455 g/mol. The lowest BCUT2D eigenvalue weighted by atomic mass is 9.94. The highest BCUT2D eigenvalue weighted by molar-refractivity contribution is 6.06. The molecule has 2 N–H and O–H groups in total. The Kier molecular flexibility index (Phi) is 6.25. The van der Waals surface area contributed by atoms with Crippen molar-refractivity contribution in [1.82, 2.24) is 14.8 Å². The molecule has 4 rings (SSSR count). The number of allylic oxidation sites excluding steroid dienone is 1. The molecule has 172 valence electrons. The van der Waals surface area contributed by atoms with Crippen molar-refractivity contribution in [1.29, 1.82) is 0 Å². The maximum atomic E-state index is 13.4. The number of anilines is 2. The van der Waals surface area contributed by atoms with Crippen molar-refractivity contribution in [3.8, 4) is 11.5 Å². The van der Waals surface area contributed by atoms with Crippen molar-refractivity contribution in [2.75, 3.05) is 17.2 Å². The van der Waals surface area contributed by atoms with Crippen molar-refractivity contribution in [2.24, 2.45) is 0 Å². The fraction of sp³-hybridized carbons (Fsp3) is 0.261. The quantitative estimate of drug-likeness (QED) is 0.545. The number of hydrogen-bond acceptors (Lipinski definition) is 6. The Labute approximate surface area is 189 Å². The molecule has 3 aromatic rings. The van der Waals surface area contributed by atoms with Gasteiger partial charge in [0.25, 0.3) is 5.91 Å². The molecule has 1 aromatic heterocycles. The fourth-order valence-electron chi connectivity index (χ4n) is 3.75. The Balaban J connectivity index is 1.78. The van der Waals surface area contributed by atoms with Gasteiger partial charge in [-0.05, 0) is 50.1 Å². The summed E-state index contributed by atoms with van der Waals surface area (Å²) in [6.07, 6.45) is 1.38. The SMILES string of the molecule is CCOc1cc([C@H]2C(C(=O)Nc3ccccc3C)=C(C)Nc3ncnn32)ccc1OC(F)F. The number of benzene rings is 2. The van der Waals surface area contributed by atoms with Crippen LogP contribution in [0.1, 0.15) is 31.0 Å². The lowest BCUT2D eigenvalue weighted by molar-refractivity contribution is -0.113. The zero-order valence-electron chi connectivity index (χ0n) is 18.3. The van der Waals surface area contributed by atoms with Gasteiger partial charge >= 0.3 is 6.61 Å². The number of para-hydroxylation sites is 1. The molecular weight excluding hydrogens is 432 g/mol. The van der Waals surface area contributed by atoms with Gasteiger partial charge in [-0.15, -0.1) is 0 Å². The number of fused-ring (bicyclic) bond motifs is 1. The highest BCUT2D eigenvalue weighted by Crippen LogP contribution is 2.39. The molecule has 10 heteroatoms. The number of carbonyl (C=O) groups excluding carboxylic acids is 1. The molecule has 2 aromatic carbocycles. The van der Waals surface area contributed by atoms with Crippen LogP contribution in [0.2, 0.25) is 0 Å². The van der Waals surface area contributed by atoms with Gasteiger partial charge in [-0.2, -0.15) is 18.9 Å². The molecular formula is C23H23F2N5O3. The largest absolute Gasteiger partial charge is 0.490 e. The number of rotatable bonds is 7. The summed E-state index contributed by atoms with van der Waals surface area (Å²) < 4.78 is 37.4. The standard InChI is InChI=1S/C23H23F2N5O3/c1-4-32-18-11-15(9-10-17(18)33-22(24)25)20-19(14(3)28-23-26-12-27-30(20)23)21(31)29-16-8-6-5-7-13(16)2/h5-12,20,22H,4H2,1-3H3,(H,29,31)(H,26,27,28)/t20-/m0/s1. The van der Waals surface area contributed by atoms with Crippen LogP contribution in [0.3, 0.4) is 0 Å². The van der Waals surface area contributed by atoms with Gasteiger partial charge < -0.3 is 20.1 Å². The third-order valence-electron chi connectivity index (χ3n) is 5.23. The lowest BCUT2D eigenvalue weighted by Crippen LogP contribution is -2.31. The molecule has 0 radical (unpaired) electrons. The molecule has 1 atom stereocenters. The van der Waals surface area contributed by atoms with Crippen molar-refractivity contribution in [3.05, 3.63) is 71.2 Å². The number of nitrogens with one attached hydrogen (secondary N) is 2. The minimum atomic E-state index is -2.99. The number of carbonyl (C=O) groups is 1. The van der Waals surface area contributed by atoms with Gasteiger partial charge in [-0.25, -0.2) is 4.68 Å². The first-order chi connectivity index (χ1) is 15.9. The second-order valence-electron chi connectivity index (χ2n) is 7.38. The number of aryl methyl sites for hydroxylation is 1. The topological polar surface area (TPSA) is 90.3 Å². The summed E-state index contributed by atoms with van der Waals surface area (Å²) in [7, 11) is 0. The minimum Gasteiger partial charge on any atom is -0.490 e. The minimum absolute atomic E-state index is 0.0880. The summed E-state index contributed by atoms with van der Waals surface area (Å²) in [5, 5.41) is 10.3. The van der Waals surface area contributed by atoms with Crippen LogP contribution in [-0.4, -0.2) is 33.9 Å². The Morgan fingerprint density at radius 2 is 2.00 bits per heavy atom. The summed E-state index contributed by atoms with van der Waals surface area (Å²) in [6, 6.07) is 11.4. The molecule has 0 fully saturated rings. The lowest BCUT2D eigenvalue weighted by Gasteiger charge is -2.29. The van der Waals surface area contributed by atoms with Gasteiger partial charge in [-0.3, -0.25) is 4.79 Å². The maximum Gasteiger partial charge on any atom is 0.387 e. The normalized spacial score (nSPS) is 15.2. The first-order valence-corrected chi connectivity index (χ1v) is 10.3. The van der Waals surface area contributed by atoms with Gasteiger partial charge in [-0.1, -0.05) is 24.3 Å². The molecule has 0 saturated heterocycles. The van der Waals surface area contributed by atoms with E-state index in [4.69, 9.17) is 4.74 Å². The molecule has 0 unspecified atom stereocenters. The number of alkyl halides is 2. The van der Waals surface area contributed by atoms with E-state index in [0.717, 1.165) is 5.56 Å². The molecule has 0 bridgehead atoms. The first-order valence-electron chi connectivity index (χ1n) is 10.3. The predicted molar refractivity (Wildman–Crippen MR) is 119 cm³/mol. The van der Waals surface area contributed by atoms with Crippen molar-refractivity contribution < 1.29 is 23.0 Å². The zero-order valence-corrected chi connectivity index (χ0v) is 18.3. The van der Waals surface area contributed by atoms with Crippen LogP contribution in [0.5, 0.6) is 11.5 Å². The van der Waals surface area contributed by atoms with Crippen LogP contribution in [0.15, 0.2) is 60.1 Å². The van der Waals surface area contributed by atoms with Gasteiger partial charge in [0.15, 0.2) is 11.5 Å². The van der Waals surface area contributed by atoms with Gasteiger partial charge in [0, 0.05) is 11.4 Å². The van der Waals surface area contributed by atoms with Crippen molar-refractivity contribution in [3.63, 3.8) is 0 Å². The van der Waals surface area contributed by atoms with Crippen LogP contribution in [0.4, 0.5) is 20.4 Å². The number of amides is 1. The number of nitrogens with zero attached hydrogens (tertiary/aromatic N) is 3. The Hall–Kier alpha value is -3.95. The summed E-state index contributed by atoms with van der Waals surface area (Å²) in [5.74, 6) is 0.184. The second-order valence-corrected chi connectivity index (χ2v) is 7.38. The predicted octanol–water partition coefficient (Wildman–Crippen LogP) is 4.51. The number of halogens is 2. The van der Waals surface area contributed by atoms with E-state index in [1.165, 1.54) is 12.4 Å². The molecule has 1 aliphatic rings. The van der Waals surface area contributed by atoms with E-state index in [2.05, 4.69) is 25.5 Å². The third-order valence-corrected chi connectivity index (χ3v) is 5.23. The maximum absolute atomic E-state index is 13.4. The first kappa shape index (κ1) is 22.3. The van der Waals surface area contributed by atoms with E-state index in [1.54, 1.807) is 30.7 Å². The van der Waals surface area contributed by atoms with Crippen molar-refractivity contribution in [2.45, 2.75) is 33.4 Å². The smallest absolute Gasteiger partial charge is 0.387 e. The van der Waals surface area contributed by atoms with Crippen LogP contribution in [-0.2, 0) is 4.79 Å². The van der Waals surface area contributed by atoms with Crippen LogP contribution in [0, 0.1) is 6.92 Å². The Morgan fingerprint density at radius 1 is 1.21 bits per heavy atom. The van der Waals surface area contributed by atoms with Crippen LogP contribution in [0.25, 0.3) is 0 Å². The highest BCUT2D eigenvalue weighted by Gasteiger charge is 2.34. The highest BCUT2D eigenvalue weighted by atomic mass is 19.3. The van der Waals surface area contributed by atoms with Crippen LogP contribution >= 0.6 is 0 Å². The van der Waals surface area contributed by atoms with Gasteiger partial charge in [0.05, 0.1) is 12.2 Å². The number of hydrogen-bond donors (Lipinski definition) is 2. The molecule has 1 aliphatic heterocycles. The Bertz CT molecular complexity index is 1210. The van der Waals surface area contributed by atoms with Gasteiger partial charge in [0.1, 0.15) is 12.4 Å². The van der Waals surface area contributed by atoms with E-state index in [-0.39, 0.29) is 24.0 Å². The number of ether oxygens (including phenoxy) is 2. The molecule has 1 amide bonds. The summed E-state index contributed by atoms with van der Waals surface area (Å²) in [6.45, 7) is 2.67. The molecule has 0 spiro atoms. The molecule has 0 saturated carbocycles. The van der Waals surface area contributed by atoms with Crippen molar-refractivity contribution >= 4 is 17.5 Å². The third kappa shape index (κ3) is 4.50. The van der Waals surface area contributed by atoms with Gasteiger partial charge in [0.2, 0.25) is 5.95 Å². The zero-order chi connectivity index (χ0) is 23.5. The molecule has 8 nitrogen and oxygen atoms in total. The molecule has 33 heavy (non-hydrogen) atoms. The average Bonchev–Trinajstić information content (AvgIpc) is 3.23. The summed E-state index contributed by atoms with van der Waals surface area (Å²) in [4.78, 5) is 17.7. The Morgan fingerprint density at radius 3 is 2.73 bits per heavy atom. The summed E-state index contributed by atoms with van der Waals surface area (Å²) >= 11 is 0. The van der Waals surface area contributed by atoms with E-state index >= 15 is 0 Å². The average molecular weight is 455 g/mol. The fourth-order valence-corrected chi connectivity index (χ4v) is 3.75. The van der Waals surface area contributed by atoms with Crippen LogP contribution < -0.4 is 20.1 Å². The molecule has 2 heterocycles. The molecule has 0 aliphatic carbocycles. The number of aromatic nitrogens is 3. The summed E-state index contributed by atoms with van der Waals surface area (Å²) in [5.41, 5.74) is 3.20. The van der Waals surface area contributed by atoms with E-state index in [9.17, 15) is 13.6 Å². The van der Waals surface area contributed by atoms with E-state index in [1.807, 2.05) is 31.2 Å². The van der Waals surface area contributed by atoms with E-state index < -0.39 is 12.7 Å². The second kappa shape index (κ2) is 9.27. The van der Waals surface area contributed by atoms with E-state index in [0.29, 0.717) is 28.5 Å².